The second-order valence-corrected chi connectivity index (χ2v) is 5.09. The zero-order chi connectivity index (χ0) is 14.6. The molecule has 0 aromatic heterocycles. The van der Waals surface area contributed by atoms with Crippen molar-refractivity contribution < 1.29 is 9.47 Å². The van der Waals surface area contributed by atoms with Crippen molar-refractivity contribution in [3.8, 4) is 11.5 Å². The third-order valence-electron chi connectivity index (χ3n) is 3.40. The number of ether oxygens (including phenoxy) is 2. The van der Waals surface area contributed by atoms with Crippen molar-refractivity contribution in [3.05, 3.63) is 22.7 Å². The molecule has 0 aliphatic rings. The molecule has 0 saturated heterocycles. The monoisotopic (exact) mass is 286 g/mol. The van der Waals surface area contributed by atoms with Gasteiger partial charge in [0.15, 0.2) is 11.5 Å². The van der Waals surface area contributed by atoms with Gasteiger partial charge in [-0.15, -0.1) is 0 Å². The number of hydrogen-bond donors (Lipinski definition) is 1. The number of nitrogens with two attached hydrogens (primary N) is 1. The van der Waals surface area contributed by atoms with E-state index in [9.17, 15) is 0 Å². The molecule has 0 spiro atoms. The molecule has 0 bridgehead atoms. The minimum atomic E-state index is 0.0484. The van der Waals surface area contributed by atoms with Gasteiger partial charge in [0, 0.05) is 18.6 Å². The Morgan fingerprint density at radius 2 is 1.89 bits per heavy atom. The zero-order valence-electron chi connectivity index (χ0n) is 12.2. The third kappa shape index (κ3) is 3.32. The van der Waals surface area contributed by atoms with Gasteiger partial charge in [-0.05, 0) is 32.5 Å². The molecule has 19 heavy (non-hydrogen) atoms. The van der Waals surface area contributed by atoms with Gasteiger partial charge in [0.1, 0.15) is 0 Å². The third-order valence-corrected chi connectivity index (χ3v) is 3.79. The molecule has 1 rings (SSSR count). The summed E-state index contributed by atoms with van der Waals surface area (Å²) >= 11 is 6.43. The molecule has 2 N–H and O–H groups in total. The maximum atomic E-state index is 6.43. The Labute approximate surface area is 120 Å². The van der Waals surface area contributed by atoms with E-state index < -0.39 is 0 Å². The van der Waals surface area contributed by atoms with Crippen LogP contribution in [0.15, 0.2) is 12.1 Å². The molecule has 0 amide bonds. The molecule has 0 fully saturated rings. The fourth-order valence-corrected chi connectivity index (χ4v) is 2.39. The lowest BCUT2D eigenvalue weighted by Gasteiger charge is -2.31. The van der Waals surface area contributed by atoms with Crippen molar-refractivity contribution in [1.29, 1.82) is 0 Å². The number of benzene rings is 1. The fraction of sp³-hybridized carbons (Fsp3) is 0.571. The van der Waals surface area contributed by atoms with Crippen LogP contribution in [-0.2, 0) is 0 Å². The maximum absolute atomic E-state index is 6.43. The Balaban J connectivity index is 3.26. The molecule has 0 heterocycles. The smallest absolute Gasteiger partial charge is 0.179 e. The van der Waals surface area contributed by atoms with Crippen molar-refractivity contribution in [1.82, 2.24) is 4.90 Å². The summed E-state index contributed by atoms with van der Waals surface area (Å²) in [5.41, 5.74) is 6.86. The first kappa shape index (κ1) is 16.1. The number of likely N-dealkylation sites (N-methyl/N-ethyl adjacent to an activating group) is 1. The summed E-state index contributed by atoms with van der Waals surface area (Å²) in [6.45, 7) is 4.73. The lowest BCUT2D eigenvalue weighted by atomic mass is 10.0. The number of methoxy groups -OCH3 is 2. The predicted octanol–water partition coefficient (Wildman–Crippen LogP) is 2.70. The van der Waals surface area contributed by atoms with Crippen LogP contribution in [0.1, 0.15) is 25.5 Å². The van der Waals surface area contributed by atoms with Crippen molar-refractivity contribution in [2.75, 3.05) is 27.8 Å². The van der Waals surface area contributed by atoms with Crippen LogP contribution in [0.5, 0.6) is 11.5 Å². The highest BCUT2D eigenvalue weighted by Gasteiger charge is 2.23. The second kappa shape index (κ2) is 6.98. The summed E-state index contributed by atoms with van der Waals surface area (Å²) in [4.78, 5) is 2.19. The maximum Gasteiger partial charge on any atom is 0.179 e. The van der Waals surface area contributed by atoms with Crippen LogP contribution in [0.4, 0.5) is 0 Å². The SMILES string of the molecule is COc1ccc(C(CN)N(C)C(C)C)c(Cl)c1OC. The first-order valence-corrected chi connectivity index (χ1v) is 6.68. The van der Waals surface area contributed by atoms with Crippen LogP contribution in [0, 0.1) is 0 Å². The van der Waals surface area contributed by atoms with E-state index in [1.807, 2.05) is 19.2 Å². The molecule has 4 nitrogen and oxygen atoms in total. The van der Waals surface area contributed by atoms with Gasteiger partial charge in [-0.1, -0.05) is 17.7 Å². The molecule has 1 aromatic rings. The van der Waals surface area contributed by atoms with Crippen molar-refractivity contribution in [2.45, 2.75) is 25.9 Å². The Kier molecular flexibility index (Phi) is 5.91. The quantitative estimate of drug-likeness (QED) is 0.873. The Hall–Kier alpha value is -0.970. The van der Waals surface area contributed by atoms with Gasteiger partial charge in [-0.2, -0.15) is 0 Å². The predicted molar refractivity (Wildman–Crippen MR) is 79.3 cm³/mol. The van der Waals surface area contributed by atoms with Gasteiger partial charge < -0.3 is 15.2 Å². The molecule has 0 saturated carbocycles. The molecule has 0 aliphatic carbocycles. The Bertz CT molecular complexity index is 424. The number of halogens is 1. The summed E-state index contributed by atoms with van der Waals surface area (Å²) in [5, 5.41) is 0.560. The van der Waals surface area contributed by atoms with E-state index in [-0.39, 0.29) is 6.04 Å². The summed E-state index contributed by atoms with van der Waals surface area (Å²) in [6.07, 6.45) is 0. The van der Waals surface area contributed by atoms with Crippen molar-refractivity contribution in [2.24, 2.45) is 5.73 Å². The second-order valence-electron chi connectivity index (χ2n) is 4.71. The standard InChI is InChI=1S/C14H23ClN2O2/c1-9(2)17(3)11(8-16)10-6-7-12(18-4)14(19-5)13(10)15/h6-7,9,11H,8,16H2,1-5H3. The largest absolute Gasteiger partial charge is 0.493 e. The highest BCUT2D eigenvalue weighted by Crippen LogP contribution is 2.40. The normalized spacial score (nSPS) is 12.9. The molecule has 1 unspecified atom stereocenters. The highest BCUT2D eigenvalue weighted by atomic mass is 35.5. The molecule has 1 atom stereocenters. The van der Waals surface area contributed by atoms with Crippen LogP contribution < -0.4 is 15.2 Å². The zero-order valence-corrected chi connectivity index (χ0v) is 13.0. The van der Waals surface area contributed by atoms with E-state index in [1.165, 1.54) is 0 Å². The Morgan fingerprint density at radius 1 is 1.26 bits per heavy atom. The molecule has 0 aliphatic heterocycles. The number of rotatable bonds is 6. The van der Waals surface area contributed by atoms with Gasteiger partial charge >= 0.3 is 0 Å². The Morgan fingerprint density at radius 3 is 2.32 bits per heavy atom. The van der Waals surface area contributed by atoms with Crippen LogP contribution in [0.3, 0.4) is 0 Å². The van der Waals surface area contributed by atoms with Crippen LogP contribution in [0.2, 0.25) is 5.02 Å². The van der Waals surface area contributed by atoms with Gasteiger partial charge in [0.2, 0.25) is 0 Å². The minimum Gasteiger partial charge on any atom is -0.493 e. The summed E-state index contributed by atoms with van der Waals surface area (Å²) in [7, 11) is 5.21. The average molecular weight is 287 g/mol. The van der Waals surface area contributed by atoms with E-state index in [0.29, 0.717) is 29.1 Å². The summed E-state index contributed by atoms with van der Waals surface area (Å²) in [5.74, 6) is 1.18. The average Bonchev–Trinajstić information content (AvgIpc) is 2.40. The van der Waals surface area contributed by atoms with Crippen LogP contribution in [-0.4, -0.2) is 38.8 Å². The van der Waals surface area contributed by atoms with Crippen LogP contribution >= 0.6 is 11.6 Å². The van der Waals surface area contributed by atoms with Gasteiger partial charge in [0.05, 0.1) is 19.2 Å². The van der Waals surface area contributed by atoms with E-state index in [1.54, 1.807) is 14.2 Å². The highest BCUT2D eigenvalue weighted by molar-refractivity contribution is 6.33. The summed E-state index contributed by atoms with van der Waals surface area (Å²) in [6, 6.07) is 4.22. The van der Waals surface area contributed by atoms with E-state index in [0.717, 1.165) is 5.56 Å². The first-order valence-electron chi connectivity index (χ1n) is 6.30. The minimum absolute atomic E-state index is 0.0484. The summed E-state index contributed by atoms with van der Waals surface area (Å²) < 4.78 is 10.6. The number of hydrogen-bond acceptors (Lipinski definition) is 4. The van der Waals surface area contributed by atoms with Crippen molar-refractivity contribution in [3.63, 3.8) is 0 Å². The lowest BCUT2D eigenvalue weighted by molar-refractivity contribution is 0.201. The van der Waals surface area contributed by atoms with Gasteiger partial charge in [-0.3, -0.25) is 4.90 Å². The molecule has 5 heteroatoms. The van der Waals surface area contributed by atoms with Crippen LogP contribution in [0.25, 0.3) is 0 Å². The van der Waals surface area contributed by atoms with E-state index >= 15 is 0 Å². The molecular weight excluding hydrogens is 264 g/mol. The van der Waals surface area contributed by atoms with E-state index in [4.69, 9.17) is 26.8 Å². The lowest BCUT2D eigenvalue weighted by Crippen LogP contribution is -2.35. The fourth-order valence-electron chi connectivity index (χ4n) is 2.03. The molecule has 108 valence electrons. The first-order chi connectivity index (χ1) is 8.97. The number of nitrogens with zero attached hydrogens (tertiary/aromatic N) is 1. The van der Waals surface area contributed by atoms with Gasteiger partial charge in [0.25, 0.3) is 0 Å². The molecular formula is C14H23ClN2O2. The molecule has 0 radical (unpaired) electrons. The van der Waals surface area contributed by atoms with Crippen molar-refractivity contribution >= 4 is 11.6 Å². The molecule has 1 aromatic carbocycles. The topological polar surface area (TPSA) is 47.7 Å². The van der Waals surface area contributed by atoms with E-state index in [2.05, 4.69) is 18.7 Å². The van der Waals surface area contributed by atoms with Gasteiger partial charge in [-0.25, -0.2) is 0 Å².